The molecule has 2 amide bonds. The number of nitrogens with one attached hydrogen (secondary N) is 1. The zero-order valence-corrected chi connectivity index (χ0v) is 11.3. The molecule has 1 N–H and O–H groups in total. The van der Waals surface area contributed by atoms with Gasteiger partial charge in [0.2, 0.25) is 11.8 Å². The van der Waals surface area contributed by atoms with E-state index in [2.05, 4.69) is 5.32 Å². The van der Waals surface area contributed by atoms with Gasteiger partial charge >= 0.3 is 0 Å². The van der Waals surface area contributed by atoms with Crippen molar-refractivity contribution >= 4 is 11.8 Å². The Morgan fingerprint density at radius 3 is 2.53 bits per heavy atom. The van der Waals surface area contributed by atoms with Gasteiger partial charge < -0.3 is 15.0 Å². The van der Waals surface area contributed by atoms with Crippen LogP contribution in [0.1, 0.15) is 33.6 Å². The van der Waals surface area contributed by atoms with Crippen LogP contribution in [0.15, 0.2) is 0 Å². The van der Waals surface area contributed by atoms with Crippen LogP contribution in [0.2, 0.25) is 0 Å². The van der Waals surface area contributed by atoms with Gasteiger partial charge in [-0.1, -0.05) is 6.92 Å². The predicted octanol–water partition coefficient (Wildman–Crippen LogP) is 0.786. The van der Waals surface area contributed by atoms with Crippen LogP contribution in [-0.4, -0.2) is 49.6 Å². The minimum absolute atomic E-state index is 0.0635. The van der Waals surface area contributed by atoms with Crippen LogP contribution in [0.25, 0.3) is 0 Å². The average Bonchev–Trinajstić information content (AvgIpc) is 2.30. The lowest BCUT2D eigenvalue weighted by molar-refractivity contribution is -0.136. The number of carbonyl (C=O) groups excluding carboxylic acids is 2. The Balaban J connectivity index is 4.00. The van der Waals surface area contributed by atoms with Crippen molar-refractivity contribution < 1.29 is 14.3 Å². The molecule has 1 atom stereocenters. The van der Waals surface area contributed by atoms with Crippen molar-refractivity contribution in [2.45, 2.75) is 39.7 Å². The fourth-order valence-electron chi connectivity index (χ4n) is 1.45. The third-order valence-electron chi connectivity index (χ3n) is 2.69. The smallest absolute Gasteiger partial charge is 0.239 e. The fraction of sp³-hybridized carbons (Fsp3) is 0.833. The second-order valence-corrected chi connectivity index (χ2v) is 4.10. The average molecular weight is 244 g/mol. The number of hydrogen-bond acceptors (Lipinski definition) is 3. The van der Waals surface area contributed by atoms with Crippen molar-refractivity contribution in [1.82, 2.24) is 10.2 Å². The van der Waals surface area contributed by atoms with Crippen molar-refractivity contribution in [2.75, 3.05) is 26.8 Å². The molecule has 0 saturated heterocycles. The van der Waals surface area contributed by atoms with Crippen LogP contribution >= 0.6 is 0 Å². The van der Waals surface area contributed by atoms with Gasteiger partial charge in [-0.3, -0.25) is 9.59 Å². The number of carbonyl (C=O) groups is 2. The minimum atomic E-state index is -0.114. The normalized spacial score (nSPS) is 12.0. The molecule has 17 heavy (non-hydrogen) atoms. The first-order valence-electron chi connectivity index (χ1n) is 6.05. The highest BCUT2D eigenvalue weighted by molar-refractivity contribution is 5.83. The van der Waals surface area contributed by atoms with Crippen molar-refractivity contribution in [3.8, 4) is 0 Å². The molecular weight excluding hydrogens is 220 g/mol. The van der Waals surface area contributed by atoms with Crippen LogP contribution in [0, 0.1) is 0 Å². The first-order chi connectivity index (χ1) is 8.02. The Kier molecular flexibility index (Phi) is 8.40. The van der Waals surface area contributed by atoms with E-state index in [0.29, 0.717) is 13.2 Å². The third-order valence-corrected chi connectivity index (χ3v) is 2.69. The summed E-state index contributed by atoms with van der Waals surface area (Å²) in [5.74, 6) is -0.178. The molecule has 0 aromatic heterocycles. The summed E-state index contributed by atoms with van der Waals surface area (Å²) in [5.41, 5.74) is 0. The maximum atomic E-state index is 11.6. The van der Waals surface area contributed by atoms with E-state index in [1.807, 2.05) is 13.8 Å². The zero-order chi connectivity index (χ0) is 13.3. The van der Waals surface area contributed by atoms with Crippen molar-refractivity contribution in [1.29, 1.82) is 0 Å². The lowest BCUT2D eigenvalue weighted by Crippen LogP contribution is -2.44. The van der Waals surface area contributed by atoms with E-state index in [0.717, 1.165) is 12.8 Å². The van der Waals surface area contributed by atoms with Crippen LogP contribution in [0.3, 0.4) is 0 Å². The Hall–Kier alpha value is -1.10. The molecule has 1 unspecified atom stereocenters. The van der Waals surface area contributed by atoms with E-state index in [4.69, 9.17) is 4.74 Å². The van der Waals surface area contributed by atoms with Gasteiger partial charge in [0, 0.05) is 33.2 Å². The number of rotatable bonds is 8. The summed E-state index contributed by atoms with van der Waals surface area (Å²) < 4.78 is 4.88. The summed E-state index contributed by atoms with van der Waals surface area (Å²) in [7, 11) is 1.63. The molecule has 0 rings (SSSR count). The quantitative estimate of drug-likeness (QED) is 0.642. The van der Waals surface area contributed by atoms with Crippen molar-refractivity contribution in [3.05, 3.63) is 0 Å². The number of ether oxygens (including phenoxy) is 1. The summed E-state index contributed by atoms with van der Waals surface area (Å²) in [5, 5.41) is 2.77. The lowest BCUT2D eigenvalue weighted by atomic mass is 10.2. The summed E-state index contributed by atoms with van der Waals surface area (Å²) in [6.45, 7) is 6.78. The van der Waals surface area contributed by atoms with E-state index >= 15 is 0 Å². The van der Waals surface area contributed by atoms with Gasteiger partial charge in [-0.15, -0.1) is 0 Å². The Bertz CT molecular complexity index is 244. The molecule has 0 saturated carbocycles. The maximum Gasteiger partial charge on any atom is 0.239 e. The summed E-state index contributed by atoms with van der Waals surface area (Å²) >= 11 is 0. The molecule has 5 heteroatoms. The van der Waals surface area contributed by atoms with Crippen LogP contribution in [0.4, 0.5) is 0 Å². The number of amides is 2. The molecule has 0 spiro atoms. The Morgan fingerprint density at radius 2 is 2.06 bits per heavy atom. The Labute approximate surface area is 103 Å². The molecule has 100 valence electrons. The largest absolute Gasteiger partial charge is 0.385 e. The fourth-order valence-corrected chi connectivity index (χ4v) is 1.45. The monoisotopic (exact) mass is 244 g/mol. The molecule has 0 bridgehead atoms. The third kappa shape index (κ3) is 6.94. The van der Waals surface area contributed by atoms with Crippen LogP contribution in [0.5, 0.6) is 0 Å². The molecule has 0 aliphatic heterocycles. The van der Waals surface area contributed by atoms with Gasteiger partial charge in [-0.2, -0.15) is 0 Å². The van der Waals surface area contributed by atoms with Crippen LogP contribution < -0.4 is 5.32 Å². The van der Waals surface area contributed by atoms with E-state index in [-0.39, 0.29) is 24.4 Å². The second kappa shape index (κ2) is 8.98. The summed E-state index contributed by atoms with van der Waals surface area (Å²) in [6, 6.07) is 0.0947. The van der Waals surface area contributed by atoms with E-state index in [9.17, 15) is 9.59 Å². The summed E-state index contributed by atoms with van der Waals surface area (Å²) in [6.07, 6.45) is 1.63. The molecule has 0 radical (unpaired) electrons. The van der Waals surface area contributed by atoms with Crippen molar-refractivity contribution in [2.24, 2.45) is 0 Å². The van der Waals surface area contributed by atoms with Gasteiger partial charge in [0.1, 0.15) is 0 Å². The second-order valence-electron chi connectivity index (χ2n) is 4.10. The highest BCUT2D eigenvalue weighted by Crippen LogP contribution is 2.03. The van der Waals surface area contributed by atoms with E-state index < -0.39 is 0 Å². The minimum Gasteiger partial charge on any atom is -0.385 e. The standard InChI is InChI=1S/C12H24N2O3/c1-5-10(2)14(11(3)15)9-12(16)13-7-6-8-17-4/h10H,5-9H2,1-4H3,(H,13,16). The molecule has 0 aromatic carbocycles. The summed E-state index contributed by atoms with van der Waals surface area (Å²) in [4.78, 5) is 24.6. The lowest BCUT2D eigenvalue weighted by Gasteiger charge is -2.26. The molecular formula is C12H24N2O3. The van der Waals surface area contributed by atoms with Crippen molar-refractivity contribution in [3.63, 3.8) is 0 Å². The van der Waals surface area contributed by atoms with E-state index in [1.165, 1.54) is 6.92 Å². The molecule has 0 aliphatic carbocycles. The van der Waals surface area contributed by atoms with Gasteiger partial charge in [0.15, 0.2) is 0 Å². The zero-order valence-electron chi connectivity index (χ0n) is 11.3. The molecule has 0 aliphatic rings. The van der Waals surface area contributed by atoms with E-state index in [1.54, 1.807) is 12.0 Å². The van der Waals surface area contributed by atoms with Gasteiger partial charge in [-0.05, 0) is 19.8 Å². The van der Waals surface area contributed by atoms with Gasteiger partial charge in [0.05, 0.1) is 6.54 Å². The molecule has 5 nitrogen and oxygen atoms in total. The maximum absolute atomic E-state index is 11.6. The highest BCUT2D eigenvalue weighted by atomic mass is 16.5. The number of hydrogen-bond donors (Lipinski definition) is 1. The molecule has 0 heterocycles. The Morgan fingerprint density at radius 1 is 1.41 bits per heavy atom. The first-order valence-corrected chi connectivity index (χ1v) is 6.05. The van der Waals surface area contributed by atoms with Gasteiger partial charge in [0.25, 0.3) is 0 Å². The number of nitrogens with zero attached hydrogens (tertiary/aromatic N) is 1. The number of methoxy groups -OCH3 is 1. The molecule has 0 fully saturated rings. The topological polar surface area (TPSA) is 58.6 Å². The van der Waals surface area contributed by atoms with Crippen LogP contribution in [-0.2, 0) is 14.3 Å². The first kappa shape index (κ1) is 15.9. The molecule has 0 aromatic rings. The van der Waals surface area contributed by atoms with Gasteiger partial charge in [-0.25, -0.2) is 0 Å². The highest BCUT2D eigenvalue weighted by Gasteiger charge is 2.17. The SMILES string of the molecule is CCC(C)N(CC(=O)NCCCOC)C(C)=O. The predicted molar refractivity (Wildman–Crippen MR) is 66.6 cm³/mol.